The maximum atomic E-state index is 12.4. The molecule has 1 saturated carbocycles. The summed E-state index contributed by atoms with van der Waals surface area (Å²) >= 11 is 0. The van der Waals surface area contributed by atoms with Crippen LogP contribution in [0.2, 0.25) is 0 Å². The molecule has 2 aromatic carbocycles. The molecule has 0 aliphatic heterocycles. The van der Waals surface area contributed by atoms with Crippen molar-refractivity contribution in [3.05, 3.63) is 78.1 Å². The summed E-state index contributed by atoms with van der Waals surface area (Å²) in [6.45, 7) is 0.228. The number of anilines is 1. The van der Waals surface area contributed by atoms with Crippen LogP contribution < -0.4 is 10.6 Å². The molecular formula is C28H30N4O4. The molecular weight excluding hydrogens is 456 g/mol. The molecule has 1 aliphatic carbocycles. The van der Waals surface area contributed by atoms with Crippen LogP contribution in [0.3, 0.4) is 0 Å². The molecule has 0 unspecified atom stereocenters. The summed E-state index contributed by atoms with van der Waals surface area (Å²) in [7, 11) is 0. The number of hydrogen-bond acceptors (Lipinski definition) is 5. The topological polar surface area (TPSA) is 121 Å². The van der Waals surface area contributed by atoms with Gasteiger partial charge >= 0.3 is 5.97 Å². The lowest BCUT2D eigenvalue weighted by molar-refractivity contribution is -0.138. The number of hydrogen-bond donors (Lipinski definition) is 3. The molecule has 3 aromatic rings. The summed E-state index contributed by atoms with van der Waals surface area (Å²) in [4.78, 5) is 44.0. The van der Waals surface area contributed by atoms with Gasteiger partial charge in [0.1, 0.15) is 0 Å². The summed E-state index contributed by atoms with van der Waals surface area (Å²) in [5.74, 6) is 0.174. The number of carboxylic acids is 1. The van der Waals surface area contributed by atoms with Gasteiger partial charge in [0, 0.05) is 48.6 Å². The maximum Gasteiger partial charge on any atom is 0.303 e. The smallest absolute Gasteiger partial charge is 0.303 e. The Balaban J connectivity index is 1.19. The number of carbonyl (C=O) groups excluding carboxylic acids is 2. The molecule has 36 heavy (non-hydrogen) atoms. The van der Waals surface area contributed by atoms with Gasteiger partial charge in [-0.2, -0.15) is 0 Å². The first-order valence-electron chi connectivity index (χ1n) is 12.2. The van der Waals surface area contributed by atoms with E-state index in [0.29, 0.717) is 23.0 Å². The van der Waals surface area contributed by atoms with Crippen LogP contribution in [0.1, 0.15) is 60.4 Å². The number of aliphatic carboxylic acids is 1. The van der Waals surface area contributed by atoms with E-state index in [-0.39, 0.29) is 37.1 Å². The van der Waals surface area contributed by atoms with Crippen molar-refractivity contribution in [2.24, 2.45) is 5.92 Å². The van der Waals surface area contributed by atoms with E-state index in [1.165, 1.54) is 5.56 Å². The van der Waals surface area contributed by atoms with E-state index in [0.717, 1.165) is 31.2 Å². The Bertz CT molecular complexity index is 1170. The molecule has 1 heterocycles. The van der Waals surface area contributed by atoms with E-state index in [1.807, 2.05) is 24.3 Å². The number of carboxylic acid groups (broad SMARTS) is 1. The fourth-order valence-electron chi connectivity index (χ4n) is 4.62. The second-order valence-corrected chi connectivity index (χ2v) is 9.14. The monoisotopic (exact) mass is 486 g/mol. The third kappa shape index (κ3) is 6.97. The van der Waals surface area contributed by atoms with E-state index in [4.69, 9.17) is 5.11 Å². The normalized spacial score (nSPS) is 17.2. The molecule has 0 atom stereocenters. The van der Waals surface area contributed by atoms with Gasteiger partial charge in [0.05, 0.1) is 0 Å². The summed E-state index contributed by atoms with van der Waals surface area (Å²) in [5, 5.41) is 14.6. The van der Waals surface area contributed by atoms with Gasteiger partial charge in [-0.25, -0.2) is 9.97 Å². The van der Waals surface area contributed by atoms with Gasteiger partial charge in [-0.15, -0.1) is 0 Å². The Kier molecular flexibility index (Phi) is 8.39. The van der Waals surface area contributed by atoms with Crippen molar-refractivity contribution in [2.45, 2.75) is 44.4 Å². The third-order valence-electron chi connectivity index (χ3n) is 6.58. The number of nitrogens with one attached hydrogen (secondary N) is 2. The zero-order chi connectivity index (χ0) is 25.3. The van der Waals surface area contributed by atoms with Gasteiger partial charge in [-0.05, 0) is 73.4 Å². The fraction of sp³-hybridized carbons (Fsp3) is 0.321. The lowest BCUT2D eigenvalue weighted by Gasteiger charge is -2.28. The van der Waals surface area contributed by atoms with Crippen LogP contribution in [-0.4, -0.2) is 39.4 Å². The highest BCUT2D eigenvalue weighted by atomic mass is 16.4. The molecule has 0 bridgehead atoms. The van der Waals surface area contributed by atoms with Crippen molar-refractivity contribution < 1.29 is 19.5 Å². The molecule has 3 N–H and O–H groups in total. The average molecular weight is 487 g/mol. The molecule has 8 heteroatoms. The minimum atomic E-state index is -0.717. The first-order chi connectivity index (χ1) is 17.5. The van der Waals surface area contributed by atoms with Crippen molar-refractivity contribution >= 4 is 23.5 Å². The van der Waals surface area contributed by atoms with E-state index in [9.17, 15) is 14.4 Å². The van der Waals surface area contributed by atoms with E-state index in [1.54, 1.807) is 42.7 Å². The van der Waals surface area contributed by atoms with E-state index in [2.05, 4.69) is 20.6 Å². The Morgan fingerprint density at radius 2 is 1.56 bits per heavy atom. The quantitative estimate of drug-likeness (QED) is 0.405. The molecule has 0 spiro atoms. The standard InChI is InChI=1S/C28H30N4O4/c33-25(14-17-31-28(36)23-8-6-22(7-9-23)27-29-15-1-16-30-27)32-24-12-10-21(11-13-24)20-4-2-19(3-5-20)18-26(34)35/h1,6-13,15-16,19-20H,2-5,14,17-18H2,(H,31,36)(H,32,33)(H,34,35)/t19-,20-. The molecule has 1 fully saturated rings. The molecule has 4 rings (SSSR count). The van der Waals surface area contributed by atoms with Crippen molar-refractivity contribution in [1.82, 2.24) is 15.3 Å². The highest BCUT2D eigenvalue weighted by Gasteiger charge is 2.24. The van der Waals surface area contributed by atoms with E-state index >= 15 is 0 Å². The number of nitrogens with zero attached hydrogens (tertiary/aromatic N) is 2. The average Bonchev–Trinajstić information content (AvgIpc) is 2.90. The SMILES string of the molecule is O=C(O)C[C@H]1CC[C@H](c2ccc(NC(=O)CCNC(=O)c3ccc(-c4ncccn4)cc3)cc2)CC1. The Labute approximate surface area is 210 Å². The lowest BCUT2D eigenvalue weighted by Crippen LogP contribution is -2.27. The van der Waals surface area contributed by atoms with Crippen LogP contribution in [0.25, 0.3) is 11.4 Å². The molecule has 1 aliphatic rings. The third-order valence-corrected chi connectivity index (χ3v) is 6.58. The van der Waals surface area contributed by atoms with Gasteiger partial charge in [0.15, 0.2) is 5.82 Å². The predicted molar refractivity (Wildman–Crippen MR) is 136 cm³/mol. The zero-order valence-corrected chi connectivity index (χ0v) is 20.0. The van der Waals surface area contributed by atoms with Crippen LogP contribution in [0.5, 0.6) is 0 Å². The van der Waals surface area contributed by atoms with Crippen LogP contribution in [0, 0.1) is 5.92 Å². The first kappa shape index (κ1) is 25.0. The van der Waals surface area contributed by atoms with Gasteiger partial charge in [-0.3, -0.25) is 14.4 Å². The Morgan fingerprint density at radius 3 is 2.19 bits per heavy atom. The Morgan fingerprint density at radius 1 is 0.889 bits per heavy atom. The summed E-state index contributed by atoms with van der Waals surface area (Å²) in [6.07, 6.45) is 7.61. The molecule has 0 saturated heterocycles. The largest absolute Gasteiger partial charge is 0.481 e. The van der Waals surface area contributed by atoms with Crippen LogP contribution in [0.4, 0.5) is 5.69 Å². The number of aromatic nitrogens is 2. The lowest BCUT2D eigenvalue weighted by atomic mass is 9.77. The Hall–Kier alpha value is -4.07. The second-order valence-electron chi connectivity index (χ2n) is 9.14. The van der Waals surface area contributed by atoms with Crippen LogP contribution in [-0.2, 0) is 9.59 Å². The van der Waals surface area contributed by atoms with Crippen LogP contribution in [0.15, 0.2) is 67.0 Å². The summed E-state index contributed by atoms with van der Waals surface area (Å²) < 4.78 is 0. The minimum Gasteiger partial charge on any atom is -0.481 e. The maximum absolute atomic E-state index is 12.4. The van der Waals surface area contributed by atoms with Gasteiger partial charge in [0.2, 0.25) is 5.91 Å². The van der Waals surface area contributed by atoms with Gasteiger partial charge in [0.25, 0.3) is 5.91 Å². The minimum absolute atomic E-state index is 0.164. The first-order valence-corrected chi connectivity index (χ1v) is 12.2. The van der Waals surface area contributed by atoms with Gasteiger partial charge < -0.3 is 15.7 Å². The number of amides is 2. The number of carbonyl (C=O) groups is 3. The van der Waals surface area contributed by atoms with Crippen LogP contribution >= 0.6 is 0 Å². The second kappa shape index (κ2) is 12.1. The zero-order valence-electron chi connectivity index (χ0n) is 20.0. The highest BCUT2D eigenvalue weighted by molar-refractivity contribution is 5.95. The van der Waals surface area contributed by atoms with Crippen molar-refractivity contribution in [1.29, 1.82) is 0 Å². The number of rotatable bonds is 9. The molecule has 186 valence electrons. The van der Waals surface area contributed by atoms with Crippen molar-refractivity contribution in [3.8, 4) is 11.4 Å². The molecule has 8 nitrogen and oxygen atoms in total. The molecule has 0 radical (unpaired) electrons. The molecule has 2 amide bonds. The molecule has 1 aromatic heterocycles. The summed E-state index contributed by atoms with van der Waals surface area (Å²) in [5.41, 5.74) is 3.26. The van der Waals surface area contributed by atoms with Crippen molar-refractivity contribution in [2.75, 3.05) is 11.9 Å². The van der Waals surface area contributed by atoms with Crippen molar-refractivity contribution in [3.63, 3.8) is 0 Å². The van der Waals surface area contributed by atoms with Gasteiger partial charge in [-0.1, -0.05) is 24.3 Å². The summed E-state index contributed by atoms with van der Waals surface area (Å²) in [6, 6.07) is 16.6. The fourth-order valence-corrected chi connectivity index (χ4v) is 4.62. The highest BCUT2D eigenvalue weighted by Crippen LogP contribution is 2.37. The predicted octanol–water partition coefficient (Wildman–Crippen LogP) is 4.65. The van der Waals surface area contributed by atoms with E-state index < -0.39 is 5.97 Å². The number of benzene rings is 2.